The lowest BCUT2D eigenvalue weighted by Gasteiger charge is -2.04. The van der Waals surface area contributed by atoms with Crippen molar-refractivity contribution in [1.82, 2.24) is 5.32 Å². The number of methoxy groups -OCH3 is 1. The SMILES string of the molecule is COc1ccc(-c2ccc(/C=C3/SC(=Nc4ccccc4)NC3=O)cc2)cc1. The van der Waals surface area contributed by atoms with E-state index < -0.39 is 0 Å². The summed E-state index contributed by atoms with van der Waals surface area (Å²) in [5.74, 6) is 0.709. The maximum absolute atomic E-state index is 12.2. The second-order valence-electron chi connectivity index (χ2n) is 6.17. The summed E-state index contributed by atoms with van der Waals surface area (Å²) in [6.45, 7) is 0. The number of ether oxygens (including phenoxy) is 1. The van der Waals surface area contributed by atoms with Crippen molar-refractivity contribution in [3.63, 3.8) is 0 Å². The zero-order chi connectivity index (χ0) is 19.3. The normalized spacial score (nSPS) is 16.4. The maximum Gasteiger partial charge on any atom is 0.264 e. The van der Waals surface area contributed by atoms with Gasteiger partial charge in [0.1, 0.15) is 5.75 Å². The number of benzene rings is 3. The van der Waals surface area contributed by atoms with Crippen LogP contribution in [0.3, 0.4) is 0 Å². The van der Waals surface area contributed by atoms with Crippen molar-refractivity contribution >= 4 is 34.6 Å². The smallest absolute Gasteiger partial charge is 0.264 e. The summed E-state index contributed by atoms with van der Waals surface area (Å²) >= 11 is 1.35. The molecule has 28 heavy (non-hydrogen) atoms. The number of carbonyl (C=O) groups is 1. The molecule has 1 amide bonds. The molecular formula is C23H18N2O2S. The van der Waals surface area contributed by atoms with Gasteiger partial charge in [-0.25, -0.2) is 4.99 Å². The molecule has 138 valence electrons. The number of amides is 1. The fourth-order valence-electron chi connectivity index (χ4n) is 2.81. The first kappa shape index (κ1) is 18.1. The molecular weight excluding hydrogens is 368 g/mol. The number of nitrogens with zero attached hydrogens (tertiary/aromatic N) is 1. The molecule has 1 heterocycles. The molecule has 0 unspecified atom stereocenters. The Balaban J connectivity index is 1.51. The molecule has 1 aliphatic heterocycles. The molecule has 1 N–H and O–H groups in total. The van der Waals surface area contributed by atoms with Gasteiger partial charge in [-0.2, -0.15) is 0 Å². The number of nitrogens with one attached hydrogen (secondary N) is 1. The summed E-state index contributed by atoms with van der Waals surface area (Å²) in [6, 6.07) is 25.6. The largest absolute Gasteiger partial charge is 0.497 e. The average Bonchev–Trinajstić information content (AvgIpc) is 3.08. The van der Waals surface area contributed by atoms with E-state index in [1.807, 2.05) is 84.9 Å². The first-order valence-electron chi connectivity index (χ1n) is 8.80. The number of hydrogen-bond donors (Lipinski definition) is 1. The summed E-state index contributed by atoms with van der Waals surface area (Å²) in [4.78, 5) is 17.3. The summed E-state index contributed by atoms with van der Waals surface area (Å²) in [7, 11) is 1.66. The molecule has 1 fully saturated rings. The minimum absolute atomic E-state index is 0.126. The van der Waals surface area contributed by atoms with Gasteiger partial charge >= 0.3 is 0 Å². The number of hydrogen-bond acceptors (Lipinski definition) is 4. The van der Waals surface area contributed by atoms with E-state index in [1.54, 1.807) is 7.11 Å². The predicted octanol–water partition coefficient (Wildman–Crippen LogP) is 5.25. The zero-order valence-corrected chi connectivity index (χ0v) is 16.1. The molecule has 4 nitrogen and oxygen atoms in total. The van der Waals surface area contributed by atoms with Crippen LogP contribution in [0.25, 0.3) is 17.2 Å². The average molecular weight is 386 g/mol. The van der Waals surface area contributed by atoms with E-state index in [4.69, 9.17) is 4.74 Å². The molecule has 3 aromatic carbocycles. The molecule has 0 spiro atoms. The van der Waals surface area contributed by atoms with Crippen LogP contribution in [0, 0.1) is 0 Å². The Morgan fingerprint density at radius 3 is 2.18 bits per heavy atom. The van der Waals surface area contributed by atoms with Crippen molar-refractivity contribution in [3.8, 4) is 16.9 Å². The number of thioether (sulfide) groups is 1. The van der Waals surface area contributed by atoms with Crippen molar-refractivity contribution in [2.75, 3.05) is 7.11 Å². The minimum Gasteiger partial charge on any atom is -0.497 e. The highest BCUT2D eigenvalue weighted by Crippen LogP contribution is 2.29. The van der Waals surface area contributed by atoms with Crippen molar-refractivity contribution in [2.24, 2.45) is 4.99 Å². The third-order valence-electron chi connectivity index (χ3n) is 4.27. The van der Waals surface area contributed by atoms with Crippen LogP contribution >= 0.6 is 11.8 Å². The molecule has 1 saturated heterocycles. The van der Waals surface area contributed by atoms with Gasteiger partial charge in [0.2, 0.25) is 0 Å². The highest BCUT2D eigenvalue weighted by Gasteiger charge is 2.23. The summed E-state index contributed by atoms with van der Waals surface area (Å²) in [5, 5.41) is 3.41. The number of carbonyl (C=O) groups excluding carboxylic acids is 1. The molecule has 1 aliphatic rings. The second-order valence-corrected chi connectivity index (χ2v) is 7.20. The molecule has 3 aromatic rings. The number of amidine groups is 1. The molecule has 5 heteroatoms. The topological polar surface area (TPSA) is 50.7 Å². The molecule has 0 radical (unpaired) electrons. The van der Waals surface area contributed by atoms with Crippen molar-refractivity contribution in [1.29, 1.82) is 0 Å². The number of aliphatic imine (C=N–C) groups is 1. The van der Waals surface area contributed by atoms with E-state index in [2.05, 4.69) is 10.3 Å². The standard InChI is InChI=1S/C23H18N2O2S/c1-27-20-13-11-18(12-14-20)17-9-7-16(8-10-17)15-21-22(26)25-23(28-21)24-19-5-3-2-4-6-19/h2-15H,1H3,(H,24,25,26)/b21-15+. The quantitative estimate of drug-likeness (QED) is 0.623. The van der Waals surface area contributed by atoms with Gasteiger partial charge in [0.05, 0.1) is 17.7 Å². The van der Waals surface area contributed by atoms with Crippen LogP contribution in [0.1, 0.15) is 5.56 Å². The molecule has 0 saturated carbocycles. The van der Waals surface area contributed by atoms with Crippen LogP contribution < -0.4 is 10.1 Å². The van der Waals surface area contributed by atoms with E-state index in [-0.39, 0.29) is 5.91 Å². The fraction of sp³-hybridized carbons (Fsp3) is 0.0435. The van der Waals surface area contributed by atoms with E-state index in [0.717, 1.165) is 28.1 Å². The van der Waals surface area contributed by atoms with E-state index >= 15 is 0 Å². The van der Waals surface area contributed by atoms with Crippen molar-refractivity contribution < 1.29 is 9.53 Å². The summed E-state index contributed by atoms with van der Waals surface area (Å²) < 4.78 is 5.20. The Morgan fingerprint density at radius 2 is 1.54 bits per heavy atom. The van der Waals surface area contributed by atoms with Gasteiger partial charge in [-0.3, -0.25) is 4.79 Å². The number of rotatable bonds is 4. The predicted molar refractivity (Wildman–Crippen MR) is 116 cm³/mol. The van der Waals surface area contributed by atoms with E-state index in [1.165, 1.54) is 11.8 Å². The van der Waals surface area contributed by atoms with Gasteiger partial charge in [0.15, 0.2) is 5.17 Å². The Kier molecular flexibility index (Phi) is 5.26. The van der Waals surface area contributed by atoms with Crippen LogP contribution in [0.15, 0.2) is 88.8 Å². The lowest BCUT2D eigenvalue weighted by atomic mass is 10.0. The summed E-state index contributed by atoms with van der Waals surface area (Å²) in [5.41, 5.74) is 4.01. The number of para-hydroxylation sites is 1. The Labute approximate surface area is 168 Å². The van der Waals surface area contributed by atoms with Crippen LogP contribution in [0.5, 0.6) is 5.75 Å². The molecule has 0 bridgehead atoms. The van der Waals surface area contributed by atoms with Crippen molar-refractivity contribution in [3.05, 3.63) is 89.3 Å². The van der Waals surface area contributed by atoms with Gasteiger partial charge in [-0.15, -0.1) is 0 Å². The lowest BCUT2D eigenvalue weighted by molar-refractivity contribution is -0.115. The minimum atomic E-state index is -0.126. The highest BCUT2D eigenvalue weighted by atomic mass is 32.2. The maximum atomic E-state index is 12.2. The Hall–Kier alpha value is -3.31. The molecule has 0 aromatic heterocycles. The van der Waals surface area contributed by atoms with E-state index in [9.17, 15) is 4.79 Å². The fourth-order valence-corrected chi connectivity index (χ4v) is 3.65. The van der Waals surface area contributed by atoms with Crippen LogP contribution in [0.2, 0.25) is 0 Å². The lowest BCUT2D eigenvalue weighted by Crippen LogP contribution is -2.19. The Bertz CT molecular complexity index is 1040. The van der Waals surface area contributed by atoms with Crippen LogP contribution in [-0.2, 0) is 4.79 Å². The van der Waals surface area contributed by atoms with Gasteiger partial charge in [0, 0.05) is 0 Å². The van der Waals surface area contributed by atoms with Gasteiger partial charge in [0.25, 0.3) is 5.91 Å². The first-order valence-corrected chi connectivity index (χ1v) is 9.62. The van der Waals surface area contributed by atoms with Gasteiger partial charge < -0.3 is 10.1 Å². The Morgan fingerprint density at radius 1 is 0.893 bits per heavy atom. The van der Waals surface area contributed by atoms with Crippen LogP contribution in [0.4, 0.5) is 5.69 Å². The van der Waals surface area contributed by atoms with E-state index in [0.29, 0.717) is 10.1 Å². The zero-order valence-electron chi connectivity index (χ0n) is 15.3. The van der Waals surface area contributed by atoms with Crippen molar-refractivity contribution in [2.45, 2.75) is 0 Å². The molecule has 4 rings (SSSR count). The second kappa shape index (κ2) is 8.15. The van der Waals surface area contributed by atoms with Gasteiger partial charge in [-0.05, 0) is 58.8 Å². The molecule has 0 aliphatic carbocycles. The van der Waals surface area contributed by atoms with Crippen LogP contribution in [-0.4, -0.2) is 18.2 Å². The highest BCUT2D eigenvalue weighted by molar-refractivity contribution is 8.18. The third-order valence-corrected chi connectivity index (χ3v) is 5.18. The summed E-state index contributed by atoms with van der Waals surface area (Å²) in [6.07, 6.45) is 1.88. The first-order chi connectivity index (χ1) is 13.7. The van der Waals surface area contributed by atoms with Gasteiger partial charge in [-0.1, -0.05) is 54.6 Å². The molecule has 0 atom stereocenters. The third kappa shape index (κ3) is 4.15. The monoisotopic (exact) mass is 386 g/mol.